The fourth-order valence-electron chi connectivity index (χ4n) is 2.67. The third kappa shape index (κ3) is 4.97. The number of fused-ring (bicyclic) bond motifs is 1. The van der Waals surface area contributed by atoms with E-state index in [0.29, 0.717) is 13.1 Å². The Bertz CT molecular complexity index is 845. The Morgan fingerprint density at radius 2 is 1.59 bits per heavy atom. The number of hydrogen-bond donors (Lipinski definition) is 1. The fraction of sp³-hybridized carbons (Fsp3) is 0.350. The zero-order chi connectivity index (χ0) is 20.0. The van der Waals surface area contributed by atoms with Gasteiger partial charge in [-0.2, -0.15) is 0 Å². The molecule has 0 radical (unpaired) electrons. The van der Waals surface area contributed by atoms with Crippen molar-refractivity contribution in [1.29, 1.82) is 0 Å². The lowest BCUT2D eigenvalue weighted by molar-refractivity contribution is -0.140. The van der Waals surface area contributed by atoms with Crippen LogP contribution in [0.1, 0.15) is 24.2 Å². The topological polar surface area (TPSA) is 87.2 Å². The summed E-state index contributed by atoms with van der Waals surface area (Å²) in [5, 5.41) is 11.6. The van der Waals surface area contributed by atoms with Gasteiger partial charge in [0.25, 0.3) is 5.91 Å². The predicted octanol–water partition coefficient (Wildman–Crippen LogP) is 2.03. The summed E-state index contributed by atoms with van der Waals surface area (Å²) in [5.41, 5.74) is -0.0108. The van der Waals surface area contributed by atoms with Gasteiger partial charge in [0.1, 0.15) is 11.3 Å². The molecule has 0 aliphatic heterocycles. The summed E-state index contributed by atoms with van der Waals surface area (Å²) < 4.78 is 5.02. The molecule has 2 rings (SSSR count). The molecule has 0 heterocycles. The lowest BCUT2D eigenvalue weighted by Crippen LogP contribution is -2.42. The largest absolute Gasteiger partial charge is 0.507 e. The minimum atomic E-state index is -0.796. The van der Waals surface area contributed by atoms with E-state index in [1.807, 2.05) is 38.1 Å². The Morgan fingerprint density at radius 3 is 2.19 bits per heavy atom. The summed E-state index contributed by atoms with van der Waals surface area (Å²) in [4.78, 5) is 39.2. The van der Waals surface area contributed by atoms with Crippen LogP contribution in [0.25, 0.3) is 10.8 Å². The number of nitrogens with zero attached hydrogens (tertiary/aromatic N) is 2. The molecular formula is C20H24N2O5. The van der Waals surface area contributed by atoms with Gasteiger partial charge in [0.2, 0.25) is 5.91 Å². The number of phenolic OH excluding ortho intramolecular Hbond substituents is 1. The summed E-state index contributed by atoms with van der Waals surface area (Å²) >= 11 is 0. The molecule has 0 unspecified atom stereocenters. The molecule has 27 heavy (non-hydrogen) atoms. The minimum absolute atomic E-state index is 0.0108. The van der Waals surface area contributed by atoms with Gasteiger partial charge in [-0.25, -0.2) is 4.79 Å². The van der Waals surface area contributed by atoms with Crippen LogP contribution >= 0.6 is 0 Å². The summed E-state index contributed by atoms with van der Waals surface area (Å²) in [7, 11) is 1.48. The van der Waals surface area contributed by atoms with Gasteiger partial charge in [0.05, 0.1) is 6.54 Å². The number of esters is 1. The number of hydrogen-bond acceptors (Lipinski definition) is 5. The predicted molar refractivity (Wildman–Crippen MR) is 101 cm³/mol. The number of rotatable bonds is 7. The van der Waals surface area contributed by atoms with Crippen molar-refractivity contribution >= 4 is 28.6 Å². The third-order valence-corrected chi connectivity index (χ3v) is 4.33. The van der Waals surface area contributed by atoms with E-state index in [1.165, 1.54) is 24.1 Å². The maximum atomic E-state index is 12.2. The Hall–Kier alpha value is -3.09. The van der Waals surface area contributed by atoms with Gasteiger partial charge in [-0.15, -0.1) is 0 Å². The van der Waals surface area contributed by atoms with Crippen LogP contribution in [0.4, 0.5) is 0 Å². The number of phenols is 1. The second kappa shape index (κ2) is 9.02. The Balaban J connectivity index is 1.97. The average molecular weight is 372 g/mol. The average Bonchev–Trinajstić information content (AvgIpc) is 2.66. The van der Waals surface area contributed by atoms with Gasteiger partial charge in [-0.3, -0.25) is 9.59 Å². The number of aromatic hydroxyl groups is 1. The second-order valence-electron chi connectivity index (χ2n) is 6.11. The van der Waals surface area contributed by atoms with E-state index in [9.17, 15) is 19.5 Å². The molecule has 0 spiro atoms. The molecule has 144 valence electrons. The molecule has 0 saturated carbocycles. The van der Waals surface area contributed by atoms with E-state index in [4.69, 9.17) is 4.74 Å². The molecule has 2 aromatic carbocycles. The zero-order valence-electron chi connectivity index (χ0n) is 15.8. The first-order valence-corrected chi connectivity index (χ1v) is 8.78. The van der Waals surface area contributed by atoms with Crippen molar-refractivity contribution in [2.24, 2.45) is 0 Å². The van der Waals surface area contributed by atoms with Crippen LogP contribution in [0.3, 0.4) is 0 Å². The van der Waals surface area contributed by atoms with E-state index >= 15 is 0 Å². The highest BCUT2D eigenvalue weighted by molar-refractivity contribution is 5.99. The SMILES string of the molecule is CCN(CC)C(=O)CN(C)C(=O)COC(=O)c1cc2ccccc2cc1O. The van der Waals surface area contributed by atoms with Gasteiger partial charge in [0, 0.05) is 20.1 Å². The van der Waals surface area contributed by atoms with E-state index in [1.54, 1.807) is 4.90 Å². The van der Waals surface area contributed by atoms with E-state index in [0.717, 1.165) is 10.8 Å². The summed E-state index contributed by atoms with van der Waals surface area (Å²) in [5.74, 6) is -1.68. The molecule has 0 fully saturated rings. The van der Waals surface area contributed by atoms with Gasteiger partial charge in [0.15, 0.2) is 6.61 Å². The molecule has 0 aliphatic carbocycles. The van der Waals surface area contributed by atoms with Crippen LogP contribution in [-0.4, -0.2) is 66.0 Å². The highest BCUT2D eigenvalue weighted by Gasteiger charge is 2.19. The van der Waals surface area contributed by atoms with E-state index in [-0.39, 0.29) is 23.8 Å². The van der Waals surface area contributed by atoms with E-state index < -0.39 is 18.5 Å². The van der Waals surface area contributed by atoms with Gasteiger partial charge in [-0.05, 0) is 36.8 Å². The van der Waals surface area contributed by atoms with Crippen LogP contribution in [-0.2, 0) is 14.3 Å². The van der Waals surface area contributed by atoms with Crippen LogP contribution in [0.2, 0.25) is 0 Å². The maximum Gasteiger partial charge on any atom is 0.342 e. The number of amides is 2. The smallest absolute Gasteiger partial charge is 0.342 e. The van der Waals surface area contributed by atoms with E-state index in [2.05, 4.69) is 0 Å². The van der Waals surface area contributed by atoms with Gasteiger partial charge < -0.3 is 19.6 Å². The molecule has 0 atom stereocenters. The normalized spacial score (nSPS) is 10.5. The monoisotopic (exact) mass is 372 g/mol. The Morgan fingerprint density at radius 1 is 1.00 bits per heavy atom. The maximum absolute atomic E-state index is 12.2. The summed E-state index contributed by atoms with van der Waals surface area (Å²) in [6.45, 7) is 4.26. The van der Waals surface area contributed by atoms with Crippen molar-refractivity contribution < 1.29 is 24.2 Å². The standard InChI is InChI=1S/C20H24N2O5/c1-4-22(5-2)18(24)12-21(3)19(25)13-27-20(26)16-10-14-8-6-7-9-15(14)11-17(16)23/h6-11,23H,4-5,12-13H2,1-3H3. The zero-order valence-corrected chi connectivity index (χ0v) is 15.8. The molecule has 7 nitrogen and oxygen atoms in total. The minimum Gasteiger partial charge on any atom is -0.507 e. The molecule has 0 saturated heterocycles. The second-order valence-corrected chi connectivity index (χ2v) is 6.11. The molecule has 0 aliphatic rings. The quantitative estimate of drug-likeness (QED) is 0.752. The fourth-order valence-corrected chi connectivity index (χ4v) is 2.67. The lowest BCUT2D eigenvalue weighted by atomic mass is 10.1. The highest BCUT2D eigenvalue weighted by atomic mass is 16.5. The highest BCUT2D eigenvalue weighted by Crippen LogP contribution is 2.25. The first kappa shape index (κ1) is 20.2. The molecular weight excluding hydrogens is 348 g/mol. The molecule has 7 heteroatoms. The third-order valence-electron chi connectivity index (χ3n) is 4.33. The van der Waals surface area contributed by atoms with Gasteiger partial charge >= 0.3 is 5.97 Å². The van der Waals surface area contributed by atoms with Gasteiger partial charge in [-0.1, -0.05) is 24.3 Å². The van der Waals surface area contributed by atoms with Crippen molar-refractivity contribution in [3.8, 4) is 5.75 Å². The van der Waals surface area contributed by atoms with Crippen molar-refractivity contribution in [3.63, 3.8) is 0 Å². The first-order chi connectivity index (χ1) is 12.9. The molecule has 2 amide bonds. The Labute approximate surface area is 158 Å². The van der Waals surface area contributed by atoms with Crippen LogP contribution < -0.4 is 0 Å². The van der Waals surface area contributed by atoms with Crippen LogP contribution in [0, 0.1) is 0 Å². The number of likely N-dealkylation sites (N-methyl/N-ethyl adjacent to an activating group) is 2. The van der Waals surface area contributed by atoms with Crippen molar-refractivity contribution in [2.45, 2.75) is 13.8 Å². The van der Waals surface area contributed by atoms with Crippen LogP contribution in [0.5, 0.6) is 5.75 Å². The molecule has 0 bridgehead atoms. The summed E-state index contributed by atoms with van der Waals surface area (Å²) in [6, 6.07) is 10.3. The first-order valence-electron chi connectivity index (χ1n) is 8.78. The molecule has 2 aromatic rings. The number of carbonyl (C=O) groups is 3. The molecule has 0 aromatic heterocycles. The lowest BCUT2D eigenvalue weighted by Gasteiger charge is -2.23. The molecule has 1 N–H and O–H groups in total. The number of carbonyl (C=O) groups excluding carboxylic acids is 3. The Kier molecular flexibility index (Phi) is 6.76. The van der Waals surface area contributed by atoms with Crippen molar-refractivity contribution in [1.82, 2.24) is 9.80 Å². The van der Waals surface area contributed by atoms with Crippen molar-refractivity contribution in [3.05, 3.63) is 42.0 Å². The summed E-state index contributed by atoms with van der Waals surface area (Å²) in [6.07, 6.45) is 0. The van der Waals surface area contributed by atoms with Crippen molar-refractivity contribution in [2.75, 3.05) is 33.3 Å². The number of benzene rings is 2. The number of ether oxygens (including phenoxy) is 1. The van der Waals surface area contributed by atoms with Crippen LogP contribution in [0.15, 0.2) is 36.4 Å².